The fourth-order valence-electron chi connectivity index (χ4n) is 16.8. The molecule has 2 aliphatic heterocycles. The molecule has 2 aromatic carbocycles. The van der Waals surface area contributed by atoms with Crippen LogP contribution in [0.25, 0.3) is 0 Å². The van der Waals surface area contributed by atoms with Crippen LogP contribution in [0.5, 0.6) is 0 Å². The lowest BCUT2D eigenvalue weighted by molar-refractivity contribution is -0.140. The first-order valence-electron chi connectivity index (χ1n) is 46.1. The van der Waals surface area contributed by atoms with E-state index in [9.17, 15) is 67.1 Å². The number of Topliss-reactive ketones (excluding diaryl/α,β-unsaturated/α-hetero) is 6. The Kier molecular flexibility index (Phi) is 41.2. The van der Waals surface area contributed by atoms with E-state index in [0.717, 1.165) is 49.7 Å². The minimum absolute atomic E-state index is 0.0107. The van der Waals surface area contributed by atoms with Crippen molar-refractivity contribution in [2.45, 2.75) is 325 Å². The molecule has 8 atom stereocenters. The van der Waals surface area contributed by atoms with Gasteiger partial charge in [0.05, 0.1) is 49.2 Å². The van der Waals surface area contributed by atoms with Gasteiger partial charge in [0, 0.05) is 108 Å². The number of alkyl carbamates (subject to hydrolysis) is 4. The molecule has 4 aliphatic carbocycles. The highest BCUT2D eigenvalue weighted by atomic mass is 16.6. The number of carbonyl (C=O) groups excluding carboxylic acids is 14. The topological polar surface area (TPSA) is 355 Å². The first-order chi connectivity index (χ1) is 59.7. The van der Waals surface area contributed by atoms with Crippen LogP contribution in [0.15, 0.2) is 130 Å². The molecule has 2 saturated carbocycles. The van der Waals surface area contributed by atoms with Crippen molar-refractivity contribution in [1.82, 2.24) is 41.7 Å². The van der Waals surface area contributed by atoms with Crippen LogP contribution in [0.4, 0.5) is 19.2 Å². The maximum absolute atomic E-state index is 14.5. The second kappa shape index (κ2) is 50.4. The lowest BCUT2D eigenvalue weighted by atomic mass is 9.84. The molecule has 2 heterocycles. The third-order valence-electron chi connectivity index (χ3n) is 24.0. The molecule has 26 nitrogen and oxygen atoms in total. The van der Waals surface area contributed by atoms with Crippen LogP contribution >= 0.6 is 0 Å². The summed E-state index contributed by atoms with van der Waals surface area (Å²) in [5, 5.41) is 17.7. The number of hydrogen-bond acceptors (Lipinski definition) is 18. The van der Waals surface area contributed by atoms with E-state index >= 15 is 0 Å². The summed E-state index contributed by atoms with van der Waals surface area (Å²) in [6.07, 6.45) is 20.2. The Labute approximate surface area is 747 Å². The van der Waals surface area contributed by atoms with E-state index in [1.165, 1.54) is 0 Å². The van der Waals surface area contributed by atoms with Crippen LogP contribution < -0.4 is 31.9 Å². The second-order valence-electron chi connectivity index (χ2n) is 37.9. The monoisotopic (exact) mass is 1750 g/mol. The van der Waals surface area contributed by atoms with Crippen molar-refractivity contribution < 1.29 is 86.1 Å². The molecule has 6 aliphatic rings. The molecule has 0 bridgehead atoms. The molecule has 0 aromatic heterocycles. The summed E-state index contributed by atoms with van der Waals surface area (Å²) in [6.45, 7) is 30.7. The summed E-state index contributed by atoms with van der Waals surface area (Å²) in [6, 6.07) is 17.6. The number of hydrogen-bond donors (Lipinski definition) is 6. The first kappa shape index (κ1) is 103. The maximum Gasteiger partial charge on any atom is 0.408 e. The summed E-state index contributed by atoms with van der Waals surface area (Å²) in [5.41, 5.74) is 4.30. The lowest BCUT2D eigenvalue weighted by Gasteiger charge is -2.29. The molecule has 692 valence electrons. The Morgan fingerprint density at radius 1 is 0.429 bits per heavy atom. The van der Waals surface area contributed by atoms with Crippen molar-refractivity contribution in [2.24, 2.45) is 35.5 Å². The largest absolute Gasteiger partial charge is 0.450 e. The number of ketones is 6. The molecule has 8 amide bonds. The molecule has 0 radical (unpaired) electrons. The molecule has 2 saturated heterocycles. The third kappa shape index (κ3) is 34.2. The number of nitrogens with one attached hydrogen (secondary N) is 6. The number of carbonyl (C=O) groups is 14. The Morgan fingerprint density at radius 3 is 1.13 bits per heavy atom. The van der Waals surface area contributed by atoms with Crippen molar-refractivity contribution >= 4 is 82.7 Å². The highest BCUT2D eigenvalue weighted by Crippen LogP contribution is 2.33. The molecule has 0 unspecified atom stereocenters. The summed E-state index contributed by atoms with van der Waals surface area (Å²) >= 11 is 0. The smallest absolute Gasteiger partial charge is 0.408 e. The number of nitrogens with zero attached hydrogens (tertiary/aromatic N) is 2. The number of rotatable bonds is 44. The van der Waals surface area contributed by atoms with Crippen molar-refractivity contribution in [3.63, 3.8) is 0 Å². The van der Waals surface area contributed by atoms with Crippen molar-refractivity contribution in [1.29, 1.82) is 0 Å². The molecule has 0 spiro atoms. The number of unbranched alkanes of at least 4 members (excludes halogenated alkanes) is 2. The maximum atomic E-state index is 14.5. The van der Waals surface area contributed by atoms with Gasteiger partial charge in [-0.3, -0.25) is 47.9 Å². The van der Waals surface area contributed by atoms with E-state index in [4.69, 9.17) is 18.9 Å². The zero-order valence-electron chi connectivity index (χ0n) is 77.9. The molecular weight excluding hydrogens is 1600 g/mol. The number of benzene rings is 2. The molecule has 8 rings (SSSR count). The van der Waals surface area contributed by atoms with Gasteiger partial charge in [-0.05, 0) is 234 Å². The van der Waals surface area contributed by atoms with Crippen LogP contribution in [0, 0.1) is 35.5 Å². The van der Waals surface area contributed by atoms with Crippen LogP contribution in [0.2, 0.25) is 0 Å². The summed E-state index contributed by atoms with van der Waals surface area (Å²) in [5.74, 6) is -3.23. The normalized spacial score (nSPS) is 18.6. The van der Waals surface area contributed by atoms with Gasteiger partial charge in [0.1, 0.15) is 11.2 Å². The summed E-state index contributed by atoms with van der Waals surface area (Å²) in [7, 11) is 0. The van der Waals surface area contributed by atoms with Crippen molar-refractivity contribution in [2.75, 3.05) is 39.4 Å². The first-order valence-corrected chi connectivity index (χ1v) is 46.1. The SMILES string of the molecule is CC1=C(C)C(=O)C(CCCOC(=O)NCCCC[C@H](CC(=O)[C@@H]2CCCN2C(=O)[C@H](/C=C/[C@H](CC(C)C)NC(=O)OC(C)(C)C)Cc2ccccc2)C(=O)NC2CC2)=C(C)C1=O.CC1=C(C)C(=O)C(CCCOC(=O)NCCCC[C@H](CC(=O)[C@@H]2CCCN2C(=O)[C@H](/C=C/[C@H](CC(C)C)NC(=O)OC(C)(C)C)Cc2ccccc2)C(=O)NC2CCCC2)=C(C)C1=O. The van der Waals surface area contributed by atoms with Gasteiger partial charge in [0.2, 0.25) is 23.6 Å². The van der Waals surface area contributed by atoms with E-state index in [0.29, 0.717) is 186 Å². The van der Waals surface area contributed by atoms with Crippen LogP contribution in [0.1, 0.15) is 276 Å². The van der Waals surface area contributed by atoms with Crippen LogP contribution in [-0.4, -0.2) is 179 Å². The van der Waals surface area contributed by atoms with Crippen LogP contribution in [0.3, 0.4) is 0 Å². The van der Waals surface area contributed by atoms with E-state index in [-0.39, 0.29) is 120 Å². The van der Waals surface area contributed by atoms with E-state index in [2.05, 4.69) is 59.6 Å². The Morgan fingerprint density at radius 2 is 0.786 bits per heavy atom. The lowest BCUT2D eigenvalue weighted by Crippen LogP contribution is -2.45. The van der Waals surface area contributed by atoms with Crippen LogP contribution in [-0.2, 0) is 79.7 Å². The minimum atomic E-state index is -0.663. The standard InChI is InChI=1S/C51H74N4O9.C49H70N4O9/c1-33(2)30-41(54-50(62)64-51(6,7)8)26-25-39(31-37-18-10-9-11-19-37)48(60)55-28-16-24-43(55)44(56)32-38(47(59)53-40-21-12-13-22-40)20-14-15-27-52-49(61)63-29-17-23-42-36(5)45(57)34(3)35(4)46(42)58;1-31(2)28-39(52-48(60)62-49(6,7)8)22-21-37(29-35-16-10-9-11-17-35)46(58)53-26-14-20-41(53)42(54)30-36(45(57)51-38-23-24-38)18-12-13-25-50-47(59)61-27-15-19-40-34(5)43(55)32(3)33(4)44(40)56/h9-11,18-19,25-26,33,38-41,43H,12-17,20-24,27-32H2,1-8H3,(H,52,61)(H,53,59)(H,54,62);9-11,16-17,21-22,31,36-39,41H,12-15,18-20,23-30H2,1-8H3,(H,50,59)(H,51,57)(H,52,60)/b26-25+;22-21+/t38-,39-,41-,43+;36-,37-,39-,41+/m11/s1. The Balaban J connectivity index is 0.000000346. The van der Waals surface area contributed by atoms with Gasteiger partial charge in [0.15, 0.2) is 34.7 Å². The predicted octanol–water partition coefficient (Wildman–Crippen LogP) is 16.1. The highest BCUT2D eigenvalue weighted by Gasteiger charge is 2.42. The molecular formula is C100H144N8O18. The van der Waals surface area contributed by atoms with Gasteiger partial charge in [-0.1, -0.05) is 138 Å². The van der Waals surface area contributed by atoms with Crippen molar-refractivity contribution in [3.8, 4) is 0 Å². The third-order valence-corrected chi connectivity index (χ3v) is 24.0. The quantitative estimate of drug-likeness (QED) is 0.0155. The molecule has 26 heteroatoms. The summed E-state index contributed by atoms with van der Waals surface area (Å²) < 4.78 is 21.7. The number of likely N-dealkylation sites (tertiary alicyclic amines) is 2. The second-order valence-corrected chi connectivity index (χ2v) is 37.9. The van der Waals surface area contributed by atoms with Gasteiger partial charge in [-0.2, -0.15) is 0 Å². The minimum Gasteiger partial charge on any atom is -0.450 e. The van der Waals surface area contributed by atoms with Gasteiger partial charge >= 0.3 is 24.4 Å². The number of amides is 8. The zero-order chi connectivity index (χ0) is 92.5. The average Bonchev–Trinajstić information content (AvgIpc) is 1.05. The average molecular weight is 1750 g/mol. The predicted molar refractivity (Wildman–Crippen MR) is 485 cm³/mol. The fourth-order valence-corrected chi connectivity index (χ4v) is 16.8. The van der Waals surface area contributed by atoms with Gasteiger partial charge < -0.3 is 60.6 Å². The molecule has 6 N–H and O–H groups in total. The zero-order valence-corrected chi connectivity index (χ0v) is 77.9. The van der Waals surface area contributed by atoms with Gasteiger partial charge in [-0.25, -0.2) is 19.2 Å². The highest BCUT2D eigenvalue weighted by molar-refractivity contribution is 6.25. The van der Waals surface area contributed by atoms with Gasteiger partial charge in [0.25, 0.3) is 0 Å². The number of allylic oxidation sites excluding steroid dienone is 8. The Hall–Kier alpha value is -10.1. The van der Waals surface area contributed by atoms with E-state index in [1.807, 2.05) is 127 Å². The van der Waals surface area contributed by atoms with Crippen molar-refractivity contribution in [3.05, 3.63) is 141 Å². The molecule has 4 fully saturated rings. The number of ether oxygens (including phenoxy) is 4. The Bertz CT molecular complexity index is 4320. The van der Waals surface area contributed by atoms with E-state index in [1.54, 1.807) is 51.3 Å². The summed E-state index contributed by atoms with van der Waals surface area (Å²) in [4.78, 5) is 189. The fraction of sp³-hybridized carbons (Fsp3) is 0.620. The molecule has 126 heavy (non-hydrogen) atoms. The molecule has 2 aromatic rings. The van der Waals surface area contributed by atoms with E-state index < -0.39 is 71.3 Å². The van der Waals surface area contributed by atoms with Gasteiger partial charge in [-0.15, -0.1) is 0 Å².